The summed E-state index contributed by atoms with van der Waals surface area (Å²) in [5.41, 5.74) is 7.77. The van der Waals surface area contributed by atoms with Gasteiger partial charge in [-0.2, -0.15) is 0 Å². The zero-order valence-electron chi connectivity index (χ0n) is 14.9. The predicted molar refractivity (Wildman–Crippen MR) is 102 cm³/mol. The molecule has 1 aromatic carbocycles. The minimum absolute atomic E-state index is 0.645. The maximum atomic E-state index is 6.29. The number of benzene rings is 1. The molecule has 3 heterocycles. The zero-order valence-corrected chi connectivity index (χ0v) is 14.9. The van der Waals surface area contributed by atoms with E-state index in [-0.39, 0.29) is 0 Å². The summed E-state index contributed by atoms with van der Waals surface area (Å²) in [5.74, 6) is 3.08. The van der Waals surface area contributed by atoms with E-state index in [1.54, 1.807) is 20.5 Å². The van der Waals surface area contributed by atoms with Gasteiger partial charge in [-0.25, -0.2) is 4.98 Å². The van der Waals surface area contributed by atoms with Crippen molar-refractivity contribution in [2.45, 2.75) is 0 Å². The second kappa shape index (κ2) is 6.67. The summed E-state index contributed by atoms with van der Waals surface area (Å²) in [5, 5.41) is 0.862. The number of nitrogens with zero attached hydrogens (tertiary/aromatic N) is 3. The van der Waals surface area contributed by atoms with E-state index in [4.69, 9.17) is 24.6 Å². The molecule has 0 amide bonds. The number of piperazine rings is 1. The van der Waals surface area contributed by atoms with Crippen molar-refractivity contribution >= 4 is 28.3 Å². The number of rotatable bonds is 4. The molecule has 0 aliphatic carbocycles. The molecule has 1 aliphatic rings. The van der Waals surface area contributed by atoms with Crippen LogP contribution in [0.5, 0.6) is 11.5 Å². The molecule has 2 N–H and O–H groups in total. The number of nitrogens with two attached hydrogens (primary N) is 1. The first-order chi connectivity index (χ1) is 12.7. The van der Waals surface area contributed by atoms with Gasteiger partial charge in [-0.15, -0.1) is 0 Å². The van der Waals surface area contributed by atoms with Gasteiger partial charge in [0, 0.05) is 55.5 Å². The van der Waals surface area contributed by atoms with Crippen molar-refractivity contribution in [3.05, 3.63) is 36.6 Å². The highest BCUT2D eigenvalue weighted by atomic mass is 16.5. The summed E-state index contributed by atoms with van der Waals surface area (Å²) in [7, 11) is 3.23. The molecule has 1 aliphatic heterocycles. The van der Waals surface area contributed by atoms with Gasteiger partial charge >= 0.3 is 0 Å². The highest BCUT2D eigenvalue weighted by Gasteiger charge is 2.21. The molecule has 136 valence electrons. The van der Waals surface area contributed by atoms with E-state index >= 15 is 0 Å². The number of fused-ring (bicyclic) bond motifs is 1. The monoisotopic (exact) mass is 354 g/mol. The van der Waals surface area contributed by atoms with Crippen LogP contribution >= 0.6 is 0 Å². The fourth-order valence-electron chi connectivity index (χ4n) is 3.33. The molecular weight excluding hydrogens is 332 g/mol. The highest BCUT2D eigenvalue weighted by Crippen LogP contribution is 2.35. The highest BCUT2D eigenvalue weighted by molar-refractivity contribution is 5.94. The standard InChI is InChI=1S/C19H22N4O3/c1-24-16-10-13-14(20)11-18(21-15(13)12-17(16)25-2)22-5-7-23(8-6-22)19-4-3-9-26-19/h3-4,9-12H,5-8H2,1-2H3,(H2,20,21). The largest absolute Gasteiger partial charge is 0.493 e. The molecule has 0 spiro atoms. The Morgan fingerprint density at radius 3 is 2.35 bits per heavy atom. The lowest BCUT2D eigenvalue weighted by Gasteiger charge is -2.35. The lowest BCUT2D eigenvalue weighted by Crippen LogP contribution is -2.46. The van der Waals surface area contributed by atoms with Gasteiger partial charge in [0.05, 0.1) is 26.0 Å². The summed E-state index contributed by atoms with van der Waals surface area (Å²) >= 11 is 0. The molecular formula is C19H22N4O3. The fourth-order valence-corrected chi connectivity index (χ4v) is 3.33. The van der Waals surface area contributed by atoms with Crippen LogP contribution in [-0.4, -0.2) is 45.4 Å². The van der Waals surface area contributed by atoms with Gasteiger partial charge in [-0.1, -0.05) is 0 Å². The molecule has 0 unspecified atom stereocenters. The molecule has 1 saturated heterocycles. The Bertz CT molecular complexity index is 903. The van der Waals surface area contributed by atoms with Gasteiger partial charge in [0.15, 0.2) is 17.4 Å². The number of anilines is 3. The molecule has 0 bridgehead atoms. The van der Waals surface area contributed by atoms with Gasteiger partial charge in [0.1, 0.15) is 5.82 Å². The van der Waals surface area contributed by atoms with Crippen LogP contribution in [0.25, 0.3) is 10.9 Å². The van der Waals surface area contributed by atoms with E-state index in [1.807, 2.05) is 30.3 Å². The summed E-state index contributed by atoms with van der Waals surface area (Å²) in [6.07, 6.45) is 1.70. The normalized spacial score (nSPS) is 14.7. The summed E-state index contributed by atoms with van der Waals surface area (Å²) in [4.78, 5) is 9.27. The van der Waals surface area contributed by atoms with E-state index in [0.717, 1.165) is 48.8 Å². The van der Waals surface area contributed by atoms with E-state index < -0.39 is 0 Å². The van der Waals surface area contributed by atoms with Gasteiger partial charge in [0.2, 0.25) is 0 Å². The number of pyridine rings is 1. The van der Waals surface area contributed by atoms with Gasteiger partial charge in [0.25, 0.3) is 0 Å². The third kappa shape index (κ3) is 2.85. The molecule has 0 radical (unpaired) electrons. The lowest BCUT2D eigenvalue weighted by atomic mass is 10.1. The minimum atomic E-state index is 0.645. The van der Waals surface area contributed by atoms with Crippen LogP contribution in [0.4, 0.5) is 17.4 Å². The van der Waals surface area contributed by atoms with Crippen LogP contribution in [0.15, 0.2) is 41.0 Å². The van der Waals surface area contributed by atoms with Gasteiger partial charge in [-0.3, -0.25) is 0 Å². The van der Waals surface area contributed by atoms with Crippen LogP contribution in [-0.2, 0) is 0 Å². The third-order valence-corrected chi connectivity index (χ3v) is 4.75. The molecule has 0 atom stereocenters. The van der Waals surface area contributed by atoms with Crippen molar-refractivity contribution in [2.75, 3.05) is 55.9 Å². The number of methoxy groups -OCH3 is 2. The minimum Gasteiger partial charge on any atom is -0.493 e. The number of hydrogen-bond donors (Lipinski definition) is 1. The maximum absolute atomic E-state index is 6.29. The lowest BCUT2D eigenvalue weighted by molar-refractivity contribution is 0.356. The molecule has 1 fully saturated rings. The molecule has 2 aromatic heterocycles. The quantitative estimate of drug-likeness (QED) is 0.772. The SMILES string of the molecule is COc1cc2nc(N3CCN(c4ccco4)CC3)cc(N)c2cc1OC. The Hall–Kier alpha value is -3.09. The Kier molecular flexibility index (Phi) is 4.20. The number of ether oxygens (including phenoxy) is 2. The first-order valence-electron chi connectivity index (χ1n) is 8.55. The second-order valence-corrected chi connectivity index (χ2v) is 6.22. The van der Waals surface area contributed by atoms with Crippen molar-refractivity contribution in [1.82, 2.24) is 4.98 Å². The average molecular weight is 354 g/mol. The summed E-state index contributed by atoms with van der Waals surface area (Å²) in [6, 6.07) is 9.57. The van der Waals surface area contributed by atoms with E-state index in [9.17, 15) is 0 Å². The fraction of sp³-hybridized carbons (Fsp3) is 0.316. The van der Waals surface area contributed by atoms with E-state index in [1.165, 1.54) is 0 Å². The molecule has 7 heteroatoms. The molecule has 26 heavy (non-hydrogen) atoms. The van der Waals surface area contributed by atoms with E-state index in [2.05, 4.69) is 9.80 Å². The smallest absolute Gasteiger partial charge is 0.195 e. The van der Waals surface area contributed by atoms with Crippen LogP contribution in [0, 0.1) is 0 Å². The summed E-state index contributed by atoms with van der Waals surface area (Å²) in [6.45, 7) is 3.45. The van der Waals surface area contributed by atoms with Gasteiger partial charge < -0.3 is 29.4 Å². The zero-order chi connectivity index (χ0) is 18.1. The van der Waals surface area contributed by atoms with Crippen LogP contribution in [0.1, 0.15) is 0 Å². The Morgan fingerprint density at radius 1 is 1.00 bits per heavy atom. The third-order valence-electron chi connectivity index (χ3n) is 4.75. The van der Waals surface area contributed by atoms with Crippen LogP contribution < -0.4 is 25.0 Å². The molecule has 0 saturated carbocycles. The first kappa shape index (κ1) is 16.4. The second-order valence-electron chi connectivity index (χ2n) is 6.22. The topological polar surface area (TPSA) is 77.0 Å². The molecule has 4 rings (SSSR count). The number of hydrogen-bond acceptors (Lipinski definition) is 7. The Labute approximate surface area is 151 Å². The van der Waals surface area contributed by atoms with Crippen LogP contribution in [0.3, 0.4) is 0 Å². The maximum Gasteiger partial charge on any atom is 0.195 e. The van der Waals surface area contributed by atoms with Crippen molar-refractivity contribution in [2.24, 2.45) is 0 Å². The first-order valence-corrected chi connectivity index (χ1v) is 8.55. The number of nitrogen functional groups attached to an aromatic ring is 1. The van der Waals surface area contributed by atoms with E-state index in [0.29, 0.717) is 17.2 Å². The number of aromatic nitrogens is 1. The van der Waals surface area contributed by atoms with Crippen LogP contribution in [0.2, 0.25) is 0 Å². The Balaban J connectivity index is 1.61. The average Bonchev–Trinajstić information content (AvgIpc) is 3.22. The van der Waals surface area contributed by atoms with Crippen molar-refractivity contribution in [3.63, 3.8) is 0 Å². The summed E-state index contributed by atoms with van der Waals surface area (Å²) < 4.78 is 16.2. The predicted octanol–water partition coefficient (Wildman–Crippen LogP) is 2.75. The molecule has 7 nitrogen and oxygen atoms in total. The van der Waals surface area contributed by atoms with Crippen molar-refractivity contribution in [1.29, 1.82) is 0 Å². The molecule has 3 aromatic rings. The van der Waals surface area contributed by atoms with Crippen molar-refractivity contribution < 1.29 is 13.9 Å². The number of furan rings is 1. The Morgan fingerprint density at radius 2 is 1.69 bits per heavy atom. The van der Waals surface area contributed by atoms with Gasteiger partial charge in [-0.05, 0) is 12.1 Å². The van der Waals surface area contributed by atoms with Crippen molar-refractivity contribution in [3.8, 4) is 11.5 Å².